The number of methoxy groups -OCH3 is 2. The number of nitrogens with zero attached hydrogens (tertiary/aromatic N) is 3. The maximum absolute atomic E-state index is 13.8. The van der Waals surface area contributed by atoms with Gasteiger partial charge in [-0.25, -0.2) is 4.79 Å². The predicted octanol–water partition coefficient (Wildman–Crippen LogP) is 4.98. The van der Waals surface area contributed by atoms with E-state index in [4.69, 9.17) is 9.47 Å². The van der Waals surface area contributed by atoms with Gasteiger partial charge in [0.1, 0.15) is 11.5 Å². The van der Waals surface area contributed by atoms with Gasteiger partial charge in [-0.05, 0) is 49.1 Å². The molecule has 37 heavy (non-hydrogen) atoms. The van der Waals surface area contributed by atoms with Crippen LogP contribution in [0.1, 0.15) is 56.6 Å². The van der Waals surface area contributed by atoms with Crippen LogP contribution in [0.25, 0.3) is 0 Å². The Bertz CT molecular complexity index is 1190. The molecule has 1 aliphatic carbocycles. The number of carbonyl (C=O) groups excluding carboxylic acids is 2. The summed E-state index contributed by atoms with van der Waals surface area (Å²) in [6.45, 7) is 6.78. The van der Waals surface area contributed by atoms with Gasteiger partial charge in [-0.1, -0.05) is 19.1 Å². The minimum Gasteiger partial charge on any atom is -0.497 e. The third-order valence-corrected chi connectivity index (χ3v) is 10.3. The molecular weight excluding hydrogens is 486 g/mol. The number of carbonyl (C=O) groups is 2. The molecule has 2 saturated heterocycles. The molecule has 4 heterocycles. The van der Waals surface area contributed by atoms with E-state index in [1.165, 1.54) is 4.91 Å². The highest BCUT2D eigenvalue weighted by Gasteiger charge is 2.56. The first-order valence-corrected chi connectivity index (χ1v) is 14.6. The number of rotatable bonds is 5. The van der Waals surface area contributed by atoms with Crippen LogP contribution >= 0.6 is 11.8 Å². The fourth-order valence-electron chi connectivity index (χ4n) is 7.07. The Morgan fingerprint density at radius 3 is 2.62 bits per heavy atom. The Morgan fingerprint density at radius 2 is 1.97 bits per heavy atom. The van der Waals surface area contributed by atoms with E-state index in [0.717, 1.165) is 59.8 Å². The lowest BCUT2D eigenvalue weighted by atomic mass is 9.82. The van der Waals surface area contributed by atoms with E-state index in [9.17, 15) is 9.59 Å². The summed E-state index contributed by atoms with van der Waals surface area (Å²) in [6, 6.07) is 4.02. The van der Waals surface area contributed by atoms with Gasteiger partial charge in [-0.15, -0.1) is 11.8 Å². The third kappa shape index (κ3) is 3.85. The van der Waals surface area contributed by atoms with Crippen LogP contribution in [0.2, 0.25) is 0 Å². The molecule has 0 bridgehead atoms. The molecule has 3 fully saturated rings. The molecule has 0 radical (unpaired) electrons. The molecule has 1 spiro atoms. The number of thioether (sulfide) groups is 1. The van der Waals surface area contributed by atoms with E-state index in [0.29, 0.717) is 38.0 Å². The fourth-order valence-corrected chi connectivity index (χ4v) is 8.26. The minimum atomic E-state index is -0.372. The summed E-state index contributed by atoms with van der Waals surface area (Å²) in [6.07, 6.45) is 8.29. The van der Waals surface area contributed by atoms with Gasteiger partial charge in [-0.3, -0.25) is 9.69 Å². The molecule has 7 nitrogen and oxygen atoms in total. The van der Waals surface area contributed by atoms with Crippen LogP contribution in [-0.4, -0.2) is 71.8 Å². The Hall–Kier alpha value is -2.61. The van der Waals surface area contributed by atoms with Crippen LogP contribution in [0.4, 0.5) is 4.79 Å². The van der Waals surface area contributed by atoms with Crippen LogP contribution < -0.4 is 9.47 Å². The minimum absolute atomic E-state index is 0.0582. The highest BCUT2D eigenvalue weighted by Crippen LogP contribution is 2.53. The van der Waals surface area contributed by atoms with Crippen LogP contribution in [-0.2, 0) is 11.3 Å². The standard InChI is InChI=1S/C29H37N3O4S/c1-5-32-28(34)31-17-19-14-20(35-3)15-23(36-4)26(19)18(2)13-25(31)29(32)8-10-30(11-9-29)27(33)22-16-21(22)24-7-6-12-37-24/h7,13-15,18,21-22H,5-6,8-12,16-17H2,1-4H3. The summed E-state index contributed by atoms with van der Waals surface area (Å²) in [5.41, 5.74) is 2.89. The number of hydrogen-bond acceptors (Lipinski definition) is 5. The molecule has 6 rings (SSSR count). The van der Waals surface area contributed by atoms with E-state index >= 15 is 0 Å². The average Bonchev–Trinajstić information content (AvgIpc) is 3.51. The second-order valence-electron chi connectivity index (χ2n) is 10.9. The highest BCUT2D eigenvalue weighted by molar-refractivity contribution is 8.03. The lowest BCUT2D eigenvalue weighted by Crippen LogP contribution is -2.55. The highest BCUT2D eigenvalue weighted by atomic mass is 32.2. The number of urea groups is 1. The number of likely N-dealkylation sites (N-methyl/N-ethyl adjacent to an activating group) is 1. The van der Waals surface area contributed by atoms with E-state index in [2.05, 4.69) is 35.8 Å². The number of benzene rings is 1. The first-order valence-electron chi connectivity index (χ1n) is 13.6. The number of hydrogen-bond donors (Lipinski definition) is 0. The normalized spacial score (nSPS) is 27.9. The summed E-state index contributed by atoms with van der Waals surface area (Å²) in [7, 11) is 3.34. The Morgan fingerprint density at radius 1 is 1.19 bits per heavy atom. The van der Waals surface area contributed by atoms with E-state index in [1.807, 2.05) is 28.8 Å². The van der Waals surface area contributed by atoms with Crippen molar-refractivity contribution in [3.8, 4) is 11.5 Å². The van der Waals surface area contributed by atoms with Gasteiger partial charge in [0.2, 0.25) is 5.91 Å². The van der Waals surface area contributed by atoms with Crippen molar-refractivity contribution in [3.63, 3.8) is 0 Å². The fraction of sp³-hybridized carbons (Fsp3) is 0.586. The van der Waals surface area contributed by atoms with Crippen molar-refractivity contribution in [2.75, 3.05) is 39.6 Å². The second-order valence-corrected chi connectivity index (χ2v) is 12.1. The van der Waals surface area contributed by atoms with E-state index in [-0.39, 0.29) is 23.4 Å². The van der Waals surface area contributed by atoms with Gasteiger partial charge >= 0.3 is 6.03 Å². The quantitative estimate of drug-likeness (QED) is 0.545. The molecular formula is C29H37N3O4S. The molecule has 0 N–H and O–H groups in total. The average molecular weight is 524 g/mol. The van der Waals surface area contributed by atoms with Crippen molar-refractivity contribution >= 4 is 23.7 Å². The smallest absolute Gasteiger partial charge is 0.325 e. The zero-order valence-electron chi connectivity index (χ0n) is 22.3. The number of likely N-dealkylation sites (tertiary alicyclic amines) is 1. The van der Waals surface area contributed by atoms with Crippen molar-refractivity contribution in [2.24, 2.45) is 11.8 Å². The topological polar surface area (TPSA) is 62.3 Å². The third-order valence-electron chi connectivity index (χ3n) is 9.02. The Kier molecular flexibility index (Phi) is 6.21. The summed E-state index contributed by atoms with van der Waals surface area (Å²) in [4.78, 5) is 34.7. The van der Waals surface area contributed by atoms with Crippen molar-refractivity contribution in [2.45, 2.75) is 57.5 Å². The Labute approximate surface area is 223 Å². The van der Waals surface area contributed by atoms with Crippen LogP contribution in [0, 0.1) is 11.8 Å². The Balaban J connectivity index is 1.26. The van der Waals surface area contributed by atoms with Crippen molar-refractivity contribution in [1.29, 1.82) is 0 Å². The zero-order valence-corrected chi connectivity index (χ0v) is 23.1. The molecule has 1 aromatic rings. The maximum atomic E-state index is 13.8. The predicted molar refractivity (Wildman–Crippen MR) is 145 cm³/mol. The van der Waals surface area contributed by atoms with Gasteiger partial charge < -0.3 is 19.3 Å². The maximum Gasteiger partial charge on any atom is 0.325 e. The molecule has 5 aliphatic rings. The molecule has 8 heteroatoms. The van der Waals surface area contributed by atoms with Crippen molar-refractivity contribution in [3.05, 3.63) is 46.0 Å². The van der Waals surface area contributed by atoms with Gasteiger partial charge in [0.25, 0.3) is 0 Å². The van der Waals surface area contributed by atoms with Gasteiger partial charge in [0.05, 0.1) is 26.3 Å². The summed E-state index contributed by atoms with van der Waals surface area (Å²) >= 11 is 1.93. The molecule has 4 aliphatic heterocycles. The second kappa shape index (κ2) is 9.29. The van der Waals surface area contributed by atoms with Crippen LogP contribution in [0.15, 0.2) is 34.9 Å². The number of fused-ring (bicyclic) bond motifs is 3. The lowest BCUT2D eigenvalue weighted by molar-refractivity contribution is -0.134. The van der Waals surface area contributed by atoms with Crippen molar-refractivity contribution < 1.29 is 19.1 Å². The first-order chi connectivity index (χ1) is 17.9. The molecule has 0 aromatic heterocycles. The number of ether oxygens (including phenoxy) is 2. The number of allylic oxidation sites excluding steroid dienone is 3. The van der Waals surface area contributed by atoms with E-state index < -0.39 is 0 Å². The number of amides is 3. The number of piperidine rings is 1. The van der Waals surface area contributed by atoms with Crippen LogP contribution in [0.5, 0.6) is 11.5 Å². The SMILES string of the molecule is CCN1C(=O)N2Cc3cc(OC)cc(OC)c3C(C)C=C2C12CCN(C(=O)C1CC1C1=CCCS1)CC2. The van der Waals surface area contributed by atoms with Crippen LogP contribution in [0.3, 0.4) is 0 Å². The monoisotopic (exact) mass is 523 g/mol. The van der Waals surface area contributed by atoms with Gasteiger partial charge in [0, 0.05) is 60.5 Å². The molecule has 3 amide bonds. The molecule has 1 saturated carbocycles. The molecule has 3 atom stereocenters. The molecule has 1 aromatic carbocycles. The van der Waals surface area contributed by atoms with E-state index in [1.54, 1.807) is 14.2 Å². The first kappa shape index (κ1) is 24.7. The summed E-state index contributed by atoms with van der Waals surface area (Å²) in [5.74, 6) is 3.69. The lowest BCUT2D eigenvalue weighted by Gasteiger charge is -2.44. The van der Waals surface area contributed by atoms with Crippen molar-refractivity contribution in [1.82, 2.24) is 14.7 Å². The van der Waals surface area contributed by atoms with Gasteiger partial charge in [0.15, 0.2) is 0 Å². The molecule has 198 valence electrons. The summed E-state index contributed by atoms with van der Waals surface area (Å²) < 4.78 is 11.3. The molecule has 3 unspecified atom stereocenters. The summed E-state index contributed by atoms with van der Waals surface area (Å²) in [5, 5.41) is 0. The van der Waals surface area contributed by atoms with Gasteiger partial charge in [-0.2, -0.15) is 0 Å². The largest absolute Gasteiger partial charge is 0.497 e. The zero-order chi connectivity index (χ0) is 25.9.